The van der Waals surface area contributed by atoms with Gasteiger partial charge in [0.15, 0.2) is 0 Å². The third-order valence-electron chi connectivity index (χ3n) is 2.46. The average molecular weight is 315 g/mol. The van der Waals surface area contributed by atoms with Gasteiger partial charge in [0, 0.05) is 16.8 Å². The van der Waals surface area contributed by atoms with Crippen LogP contribution in [-0.2, 0) is 16.8 Å². The van der Waals surface area contributed by atoms with Crippen LogP contribution in [0.5, 0.6) is 0 Å². The van der Waals surface area contributed by atoms with Crippen LogP contribution >= 0.6 is 0 Å². The summed E-state index contributed by atoms with van der Waals surface area (Å²) in [4.78, 5) is 0. The van der Waals surface area contributed by atoms with E-state index < -0.39 is 0 Å². The Morgan fingerprint density at radius 2 is 1.00 bits per heavy atom. The van der Waals surface area contributed by atoms with Crippen molar-refractivity contribution in [3.63, 3.8) is 0 Å². The van der Waals surface area contributed by atoms with Gasteiger partial charge in [0.1, 0.15) is 0 Å². The molecule has 121 valence electrons. The summed E-state index contributed by atoms with van der Waals surface area (Å²) in [6.07, 6.45) is 1.08. The minimum Gasteiger partial charge on any atom is -0.678 e. The molecular formula is C14H32CoN4-4. The Morgan fingerprint density at radius 1 is 0.684 bits per heavy atom. The molecule has 0 aliphatic heterocycles. The maximum absolute atomic E-state index is 4.20. The summed E-state index contributed by atoms with van der Waals surface area (Å²) in [6.45, 7) is 13.1. The van der Waals surface area contributed by atoms with E-state index >= 15 is 0 Å². The summed E-state index contributed by atoms with van der Waals surface area (Å²) in [5.41, 5.74) is 0. The van der Waals surface area contributed by atoms with Crippen LogP contribution < -0.4 is 0 Å². The summed E-state index contributed by atoms with van der Waals surface area (Å²) in [5.74, 6) is 0. The van der Waals surface area contributed by atoms with Crippen molar-refractivity contribution in [2.75, 3.05) is 20.8 Å². The zero-order chi connectivity index (χ0) is 14.6. The second-order valence-corrected chi connectivity index (χ2v) is 5.14. The van der Waals surface area contributed by atoms with Crippen LogP contribution in [0.3, 0.4) is 0 Å². The normalized spacial score (nSPS) is 13.6. The molecular weight excluding hydrogens is 283 g/mol. The van der Waals surface area contributed by atoms with E-state index in [0.717, 1.165) is 6.42 Å². The maximum Gasteiger partial charge on any atom is 0 e. The summed E-state index contributed by atoms with van der Waals surface area (Å²) in [6, 6.07) is 1.77. The molecule has 1 radical (unpaired) electrons. The van der Waals surface area contributed by atoms with E-state index in [-0.39, 0.29) is 16.8 Å². The summed E-state index contributed by atoms with van der Waals surface area (Å²) in [7, 11) is 3.71. The fourth-order valence-corrected chi connectivity index (χ4v) is 1.08. The molecule has 0 amide bonds. The Morgan fingerprint density at radius 3 is 1.21 bits per heavy atom. The number of hydrogen-bond acceptors (Lipinski definition) is 0. The van der Waals surface area contributed by atoms with Crippen molar-refractivity contribution < 1.29 is 16.8 Å². The Balaban J connectivity index is -0.000000256. The number of hydrogen-bond donors (Lipinski definition) is 0. The fraction of sp³-hybridized carbons (Fsp3) is 1.00. The molecule has 0 saturated heterocycles. The number of nitrogens with zero attached hydrogens (tertiary/aromatic N) is 4. The smallest absolute Gasteiger partial charge is 0 e. The first-order valence-corrected chi connectivity index (χ1v) is 6.84. The number of rotatable bonds is 8. The first-order valence-electron chi connectivity index (χ1n) is 6.84. The summed E-state index contributed by atoms with van der Waals surface area (Å²) in [5, 5.41) is 16.6. The molecule has 0 aromatic rings. The Labute approximate surface area is 131 Å². The molecule has 5 heteroatoms. The van der Waals surface area contributed by atoms with Gasteiger partial charge in [-0.15, -0.1) is 24.2 Å². The van der Waals surface area contributed by atoms with Crippen LogP contribution in [-0.4, -0.2) is 44.9 Å². The SMILES string of the molecule is CC(C)[N-]C[N-]C(C)C.C[N-]C(C)CC(C)[N-]C.[Co]. The topological polar surface area (TPSA) is 56.4 Å². The van der Waals surface area contributed by atoms with E-state index in [9.17, 15) is 0 Å². The molecule has 2 unspecified atom stereocenters. The van der Waals surface area contributed by atoms with E-state index in [1.54, 1.807) is 0 Å². The first kappa shape index (κ1) is 24.4. The van der Waals surface area contributed by atoms with Gasteiger partial charge in [-0.3, -0.25) is 6.67 Å². The zero-order valence-corrected chi connectivity index (χ0v) is 14.9. The van der Waals surface area contributed by atoms with Crippen LogP contribution in [0.15, 0.2) is 0 Å². The predicted octanol–water partition coefficient (Wildman–Crippen LogP) is 4.67. The van der Waals surface area contributed by atoms with Crippen LogP contribution in [0.4, 0.5) is 0 Å². The van der Waals surface area contributed by atoms with Crippen molar-refractivity contribution in [2.24, 2.45) is 0 Å². The molecule has 0 rings (SSSR count). The van der Waals surface area contributed by atoms with Gasteiger partial charge in [0.25, 0.3) is 0 Å². The van der Waals surface area contributed by atoms with Gasteiger partial charge in [0.2, 0.25) is 0 Å². The minimum atomic E-state index is 0. The molecule has 0 aromatic heterocycles. The van der Waals surface area contributed by atoms with Gasteiger partial charge in [-0.25, -0.2) is 0 Å². The molecule has 0 fully saturated rings. The van der Waals surface area contributed by atoms with Crippen molar-refractivity contribution in [3.05, 3.63) is 21.3 Å². The molecule has 0 N–H and O–H groups in total. The quantitative estimate of drug-likeness (QED) is 0.625. The van der Waals surface area contributed by atoms with E-state index in [1.165, 1.54) is 0 Å². The summed E-state index contributed by atoms with van der Waals surface area (Å²) < 4.78 is 0. The van der Waals surface area contributed by atoms with Crippen molar-refractivity contribution in [3.8, 4) is 0 Å². The van der Waals surface area contributed by atoms with Crippen molar-refractivity contribution >= 4 is 0 Å². The Bertz CT molecular complexity index is 150. The Kier molecular flexibility index (Phi) is 21.0. The largest absolute Gasteiger partial charge is 0.678 e. The third kappa shape index (κ3) is 23.8. The first-order chi connectivity index (χ1) is 8.33. The van der Waals surface area contributed by atoms with Crippen molar-refractivity contribution in [1.82, 2.24) is 0 Å². The van der Waals surface area contributed by atoms with Gasteiger partial charge in [-0.1, -0.05) is 48.0 Å². The molecule has 0 saturated carbocycles. The molecule has 0 aromatic carbocycles. The average Bonchev–Trinajstić information content (AvgIpc) is 2.28. The van der Waals surface area contributed by atoms with Crippen LogP contribution in [0.25, 0.3) is 21.3 Å². The van der Waals surface area contributed by atoms with E-state index in [4.69, 9.17) is 0 Å². The molecule has 0 bridgehead atoms. The minimum absolute atomic E-state index is 0. The van der Waals surface area contributed by atoms with Crippen LogP contribution in [0.2, 0.25) is 0 Å². The maximum atomic E-state index is 4.20. The molecule has 2 atom stereocenters. The monoisotopic (exact) mass is 315 g/mol. The zero-order valence-electron chi connectivity index (χ0n) is 13.8. The van der Waals surface area contributed by atoms with Gasteiger partial charge >= 0.3 is 0 Å². The van der Waals surface area contributed by atoms with Gasteiger partial charge < -0.3 is 21.3 Å². The predicted molar refractivity (Wildman–Crippen MR) is 84.0 cm³/mol. The van der Waals surface area contributed by atoms with Crippen molar-refractivity contribution in [2.45, 2.75) is 72.1 Å². The molecule has 0 spiro atoms. The third-order valence-corrected chi connectivity index (χ3v) is 2.46. The van der Waals surface area contributed by atoms with E-state index in [1.807, 2.05) is 14.1 Å². The van der Waals surface area contributed by atoms with Gasteiger partial charge in [-0.2, -0.15) is 14.1 Å². The molecule has 0 heterocycles. The van der Waals surface area contributed by atoms with Crippen LogP contribution in [0, 0.1) is 0 Å². The molecule has 0 aliphatic rings. The standard InChI is InChI=1S/2C7H16N2.Co/c1-6(8-3)5-7(2)9-4;1-6(2)8-5-9-7(3)4;/h2*6-7H,5H2,1-4H3;/q2*-2;. The van der Waals surface area contributed by atoms with E-state index in [0.29, 0.717) is 30.8 Å². The Hall–Kier alpha value is 0.346. The van der Waals surface area contributed by atoms with Gasteiger partial charge in [-0.05, 0) is 0 Å². The van der Waals surface area contributed by atoms with Crippen molar-refractivity contribution in [1.29, 1.82) is 0 Å². The summed E-state index contributed by atoms with van der Waals surface area (Å²) >= 11 is 0. The fourth-order valence-electron chi connectivity index (χ4n) is 1.08. The van der Waals surface area contributed by atoms with E-state index in [2.05, 4.69) is 62.8 Å². The van der Waals surface area contributed by atoms with Crippen LogP contribution in [0.1, 0.15) is 48.0 Å². The van der Waals surface area contributed by atoms with Gasteiger partial charge in [0.05, 0.1) is 0 Å². The molecule has 0 aliphatic carbocycles. The molecule has 19 heavy (non-hydrogen) atoms. The second-order valence-electron chi connectivity index (χ2n) is 5.14. The second kappa shape index (κ2) is 16.4. The molecule has 4 nitrogen and oxygen atoms in total.